The van der Waals surface area contributed by atoms with E-state index in [1.54, 1.807) is 13.2 Å². The Hall–Kier alpha value is -2.02. The van der Waals surface area contributed by atoms with Crippen LogP contribution in [0.15, 0.2) is 16.9 Å². The third-order valence-electron chi connectivity index (χ3n) is 4.05. The molecule has 3 rings (SSSR count). The summed E-state index contributed by atoms with van der Waals surface area (Å²) in [5.41, 5.74) is 6.45. The third-order valence-corrected chi connectivity index (χ3v) is 4.05. The molecule has 0 radical (unpaired) electrons. The molecule has 1 saturated carbocycles. The molecule has 1 aliphatic rings. The van der Waals surface area contributed by atoms with E-state index in [9.17, 15) is 0 Å². The Morgan fingerprint density at radius 2 is 2.19 bits per heavy atom. The molecule has 0 aliphatic heterocycles. The van der Waals surface area contributed by atoms with Crippen LogP contribution in [0.25, 0.3) is 11.5 Å². The highest BCUT2D eigenvalue weighted by atomic mass is 16.5. The number of aromatic nitrogens is 4. The summed E-state index contributed by atoms with van der Waals surface area (Å²) >= 11 is 0. The molecule has 0 spiro atoms. The molecule has 7 heteroatoms. The molecular weight excluding hydrogens is 270 g/mol. The largest absolute Gasteiger partial charge is 0.481 e. The van der Waals surface area contributed by atoms with Crippen molar-refractivity contribution in [3.05, 3.63) is 18.3 Å². The fourth-order valence-corrected chi connectivity index (χ4v) is 2.88. The average molecular weight is 289 g/mol. The van der Waals surface area contributed by atoms with Crippen molar-refractivity contribution in [2.24, 2.45) is 11.7 Å². The first-order chi connectivity index (χ1) is 10.3. The van der Waals surface area contributed by atoms with Crippen molar-refractivity contribution >= 4 is 0 Å². The van der Waals surface area contributed by atoms with Gasteiger partial charge in [0.05, 0.1) is 7.11 Å². The maximum absolute atomic E-state index is 5.86. The van der Waals surface area contributed by atoms with Gasteiger partial charge in [-0.2, -0.15) is 4.98 Å². The van der Waals surface area contributed by atoms with Crippen molar-refractivity contribution in [3.8, 4) is 17.4 Å². The maximum Gasteiger partial charge on any atom is 0.230 e. The topological polar surface area (TPSA) is 100.0 Å². The van der Waals surface area contributed by atoms with E-state index in [1.165, 1.54) is 19.2 Å². The molecule has 112 valence electrons. The molecule has 7 nitrogen and oxygen atoms in total. The zero-order valence-corrected chi connectivity index (χ0v) is 12.0. The van der Waals surface area contributed by atoms with Gasteiger partial charge >= 0.3 is 0 Å². The first-order valence-electron chi connectivity index (χ1n) is 7.22. The number of methoxy groups -OCH3 is 1. The van der Waals surface area contributed by atoms with Gasteiger partial charge in [0.25, 0.3) is 0 Å². The molecule has 0 bridgehead atoms. The smallest absolute Gasteiger partial charge is 0.230 e. The van der Waals surface area contributed by atoms with Crippen LogP contribution in [-0.4, -0.2) is 33.8 Å². The lowest BCUT2D eigenvalue weighted by Gasteiger charge is -2.27. The number of rotatable bonds is 4. The van der Waals surface area contributed by atoms with Crippen LogP contribution in [0.5, 0.6) is 5.88 Å². The Morgan fingerprint density at radius 1 is 1.33 bits per heavy atom. The summed E-state index contributed by atoms with van der Waals surface area (Å²) in [6, 6.07) is 1.69. The normalized spacial score (nSPS) is 22.2. The van der Waals surface area contributed by atoms with Crippen molar-refractivity contribution in [3.63, 3.8) is 0 Å². The molecule has 2 heterocycles. The second-order valence-electron chi connectivity index (χ2n) is 5.29. The average Bonchev–Trinajstić information content (AvgIpc) is 3.04. The predicted molar refractivity (Wildman–Crippen MR) is 75.6 cm³/mol. The molecule has 1 fully saturated rings. The molecule has 2 atom stereocenters. The molecule has 0 aromatic carbocycles. The van der Waals surface area contributed by atoms with Gasteiger partial charge in [-0.25, -0.2) is 9.97 Å². The van der Waals surface area contributed by atoms with Gasteiger partial charge in [-0.1, -0.05) is 18.0 Å². The van der Waals surface area contributed by atoms with E-state index < -0.39 is 0 Å². The minimum Gasteiger partial charge on any atom is -0.481 e. The summed E-state index contributed by atoms with van der Waals surface area (Å²) in [5.74, 6) is 2.29. The predicted octanol–water partition coefficient (Wildman–Crippen LogP) is 1.77. The molecule has 2 unspecified atom stereocenters. The van der Waals surface area contributed by atoms with E-state index in [1.807, 2.05) is 0 Å². The quantitative estimate of drug-likeness (QED) is 0.915. The fourth-order valence-electron chi connectivity index (χ4n) is 2.88. The highest BCUT2D eigenvalue weighted by Gasteiger charge is 2.30. The van der Waals surface area contributed by atoms with Gasteiger partial charge < -0.3 is 15.0 Å². The minimum absolute atomic E-state index is 0.258. The van der Waals surface area contributed by atoms with E-state index in [-0.39, 0.29) is 5.92 Å². The Morgan fingerprint density at radius 3 is 3.00 bits per heavy atom. The number of nitrogens with two attached hydrogens (primary N) is 1. The molecule has 2 aromatic rings. The van der Waals surface area contributed by atoms with Crippen molar-refractivity contribution in [2.75, 3.05) is 13.7 Å². The van der Waals surface area contributed by atoms with Gasteiger partial charge in [-0.15, -0.1) is 0 Å². The van der Waals surface area contributed by atoms with Crippen LogP contribution in [0, 0.1) is 5.92 Å². The second kappa shape index (κ2) is 6.17. The first-order valence-corrected chi connectivity index (χ1v) is 7.22. The van der Waals surface area contributed by atoms with E-state index in [0.717, 1.165) is 12.8 Å². The van der Waals surface area contributed by atoms with Crippen molar-refractivity contribution < 1.29 is 9.26 Å². The van der Waals surface area contributed by atoms with Crippen LogP contribution in [-0.2, 0) is 0 Å². The van der Waals surface area contributed by atoms with Crippen LogP contribution in [0.3, 0.4) is 0 Å². The summed E-state index contributed by atoms with van der Waals surface area (Å²) in [6.07, 6.45) is 6.01. The van der Waals surface area contributed by atoms with Gasteiger partial charge in [-0.3, -0.25) is 0 Å². The Bertz CT molecular complexity index is 601. The highest BCUT2D eigenvalue weighted by Crippen LogP contribution is 2.36. The first kappa shape index (κ1) is 13.9. The van der Waals surface area contributed by atoms with E-state index in [4.69, 9.17) is 15.0 Å². The Labute approximate surface area is 122 Å². The van der Waals surface area contributed by atoms with Crippen molar-refractivity contribution in [1.82, 2.24) is 20.1 Å². The van der Waals surface area contributed by atoms with E-state index >= 15 is 0 Å². The van der Waals surface area contributed by atoms with E-state index in [0.29, 0.717) is 35.8 Å². The number of ether oxygens (including phenoxy) is 1. The van der Waals surface area contributed by atoms with Gasteiger partial charge in [0.1, 0.15) is 12.0 Å². The SMILES string of the molecule is COc1cc(-c2noc(C3CCCCC3CN)n2)ncn1. The van der Waals surface area contributed by atoms with Crippen LogP contribution < -0.4 is 10.5 Å². The van der Waals surface area contributed by atoms with Crippen molar-refractivity contribution in [1.29, 1.82) is 0 Å². The molecular formula is C14H19N5O2. The number of hydrogen-bond acceptors (Lipinski definition) is 7. The minimum atomic E-state index is 0.258. The zero-order valence-electron chi connectivity index (χ0n) is 12.0. The molecule has 2 aromatic heterocycles. The summed E-state index contributed by atoms with van der Waals surface area (Å²) in [6.45, 7) is 0.656. The summed E-state index contributed by atoms with van der Waals surface area (Å²) in [5, 5.41) is 4.03. The lowest BCUT2D eigenvalue weighted by molar-refractivity contribution is 0.249. The van der Waals surface area contributed by atoms with Gasteiger partial charge in [0, 0.05) is 12.0 Å². The lowest BCUT2D eigenvalue weighted by atomic mass is 9.79. The maximum atomic E-state index is 5.86. The van der Waals surface area contributed by atoms with Crippen LogP contribution in [0.2, 0.25) is 0 Å². The van der Waals surface area contributed by atoms with Gasteiger partial charge in [-0.05, 0) is 25.3 Å². The standard InChI is InChI=1S/C14H19N5O2/c1-20-12-6-11(16-8-17-12)13-18-14(21-19-13)10-5-3-2-4-9(10)7-15/h6,8-10H,2-5,7,15H2,1H3. The van der Waals surface area contributed by atoms with E-state index in [2.05, 4.69) is 20.1 Å². The fraction of sp³-hybridized carbons (Fsp3) is 0.571. The highest BCUT2D eigenvalue weighted by molar-refractivity contribution is 5.49. The summed E-state index contributed by atoms with van der Waals surface area (Å²) in [4.78, 5) is 12.6. The second-order valence-corrected chi connectivity index (χ2v) is 5.29. The zero-order chi connectivity index (χ0) is 14.7. The Kier molecular flexibility index (Phi) is 4.10. The molecule has 21 heavy (non-hydrogen) atoms. The molecule has 1 aliphatic carbocycles. The van der Waals surface area contributed by atoms with Crippen LogP contribution in [0.1, 0.15) is 37.5 Å². The molecule has 0 amide bonds. The third kappa shape index (κ3) is 2.87. The number of nitrogens with zero attached hydrogens (tertiary/aromatic N) is 4. The Balaban J connectivity index is 1.85. The van der Waals surface area contributed by atoms with Gasteiger partial charge in [0.2, 0.25) is 17.6 Å². The van der Waals surface area contributed by atoms with Crippen LogP contribution in [0.4, 0.5) is 0 Å². The van der Waals surface area contributed by atoms with Crippen molar-refractivity contribution in [2.45, 2.75) is 31.6 Å². The summed E-state index contributed by atoms with van der Waals surface area (Å²) in [7, 11) is 1.56. The van der Waals surface area contributed by atoms with Crippen LogP contribution >= 0.6 is 0 Å². The monoisotopic (exact) mass is 289 g/mol. The summed E-state index contributed by atoms with van der Waals surface area (Å²) < 4.78 is 10.5. The number of hydrogen-bond donors (Lipinski definition) is 1. The molecule has 2 N–H and O–H groups in total. The molecule has 0 saturated heterocycles. The lowest BCUT2D eigenvalue weighted by Crippen LogP contribution is -2.25. The van der Waals surface area contributed by atoms with Gasteiger partial charge in [0.15, 0.2) is 0 Å².